The molecule has 1 unspecified atom stereocenters. The van der Waals surface area contributed by atoms with Crippen LogP contribution in [0, 0.1) is 0 Å². The van der Waals surface area contributed by atoms with Crippen molar-refractivity contribution < 1.29 is 33.3 Å². The van der Waals surface area contributed by atoms with Crippen molar-refractivity contribution >= 4 is 29.4 Å². The molecule has 0 saturated carbocycles. The summed E-state index contributed by atoms with van der Waals surface area (Å²) in [6.45, 7) is 5.35. The summed E-state index contributed by atoms with van der Waals surface area (Å²) in [5, 5.41) is 0. The summed E-state index contributed by atoms with van der Waals surface area (Å²) < 4.78 is 28.6. The van der Waals surface area contributed by atoms with E-state index >= 15 is 0 Å². The van der Waals surface area contributed by atoms with Crippen molar-refractivity contribution in [3.63, 3.8) is 0 Å². The number of carbonyl (C=O) groups excluding carboxylic acids is 2. The number of ether oxygens (including phenoxy) is 5. The fourth-order valence-electron chi connectivity index (χ4n) is 4.30. The van der Waals surface area contributed by atoms with Crippen LogP contribution in [0.15, 0.2) is 57.5 Å². The third-order valence-corrected chi connectivity index (χ3v) is 6.95. The van der Waals surface area contributed by atoms with Crippen LogP contribution < -0.4 is 33.8 Å². The zero-order valence-corrected chi connectivity index (χ0v) is 23.2. The number of benzene rings is 2. The zero-order valence-electron chi connectivity index (χ0n) is 22.4. The quantitative estimate of drug-likeness (QED) is 0.310. The minimum absolute atomic E-state index is 0.210. The average Bonchev–Trinajstić information content (AvgIpc) is 3.22. The van der Waals surface area contributed by atoms with Crippen molar-refractivity contribution in [1.82, 2.24) is 4.57 Å². The molecule has 0 bridgehead atoms. The highest BCUT2D eigenvalue weighted by Crippen LogP contribution is 2.36. The van der Waals surface area contributed by atoms with Crippen molar-refractivity contribution in [1.29, 1.82) is 0 Å². The molecule has 2 aromatic carbocycles. The molecule has 0 aliphatic carbocycles. The van der Waals surface area contributed by atoms with E-state index in [-0.39, 0.29) is 22.6 Å². The largest absolute Gasteiger partial charge is 0.493 e. The van der Waals surface area contributed by atoms with E-state index < -0.39 is 18.0 Å². The van der Waals surface area contributed by atoms with Crippen LogP contribution in [0.3, 0.4) is 0 Å². The van der Waals surface area contributed by atoms with E-state index in [0.29, 0.717) is 38.7 Å². The smallest absolute Gasteiger partial charge is 0.338 e. The molecule has 0 saturated heterocycles. The van der Waals surface area contributed by atoms with Gasteiger partial charge in [-0.25, -0.2) is 9.79 Å². The Kier molecular flexibility index (Phi) is 8.20. The minimum atomic E-state index is -0.856. The summed E-state index contributed by atoms with van der Waals surface area (Å²) in [6.07, 6.45) is 1.74. The molecule has 0 radical (unpaired) electrons. The fourth-order valence-corrected chi connectivity index (χ4v) is 5.35. The highest BCUT2D eigenvalue weighted by Gasteiger charge is 2.33. The number of methoxy groups -OCH3 is 3. The van der Waals surface area contributed by atoms with Gasteiger partial charge in [0.1, 0.15) is 0 Å². The molecule has 204 valence electrons. The number of esters is 2. The molecule has 0 N–H and O–H groups in total. The van der Waals surface area contributed by atoms with E-state index in [1.54, 1.807) is 50.4 Å². The normalized spacial score (nSPS) is 14.8. The lowest BCUT2D eigenvalue weighted by atomic mass is 9.95. The first-order chi connectivity index (χ1) is 18.7. The topological polar surface area (TPSA) is 115 Å². The highest BCUT2D eigenvalue weighted by molar-refractivity contribution is 7.07. The lowest BCUT2D eigenvalue weighted by Crippen LogP contribution is -2.39. The zero-order chi connectivity index (χ0) is 28.3. The van der Waals surface area contributed by atoms with Gasteiger partial charge in [0.25, 0.3) is 5.56 Å². The molecule has 2 heterocycles. The first kappa shape index (κ1) is 27.6. The average molecular weight is 553 g/mol. The number of carbonyl (C=O) groups is 2. The molecule has 3 aromatic rings. The lowest BCUT2D eigenvalue weighted by molar-refractivity contribution is -0.136. The fraction of sp³-hybridized carbons (Fsp3) is 0.286. The molecule has 0 spiro atoms. The number of aromatic nitrogens is 1. The third-order valence-electron chi connectivity index (χ3n) is 5.97. The van der Waals surface area contributed by atoms with Crippen molar-refractivity contribution in [2.75, 3.05) is 27.9 Å². The van der Waals surface area contributed by atoms with Crippen molar-refractivity contribution in [3.8, 4) is 23.0 Å². The van der Waals surface area contributed by atoms with E-state index in [4.69, 9.17) is 23.7 Å². The number of fused-ring (bicyclic) bond motifs is 1. The first-order valence-corrected chi connectivity index (χ1v) is 12.8. The van der Waals surface area contributed by atoms with Gasteiger partial charge in [-0.15, -0.1) is 0 Å². The molecular formula is C28H28N2O8S. The van der Waals surface area contributed by atoms with Gasteiger partial charge in [-0.3, -0.25) is 14.2 Å². The minimum Gasteiger partial charge on any atom is -0.493 e. The van der Waals surface area contributed by atoms with Crippen molar-refractivity contribution in [3.05, 3.63) is 78.5 Å². The molecule has 1 aliphatic rings. The van der Waals surface area contributed by atoms with Gasteiger partial charge in [0.05, 0.1) is 49.8 Å². The molecule has 4 rings (SSSR count). The van der Waals surface area contributed by atoms with E-state index in [1.807, 2.05) is 13.0 Å². The molecule has 39 heavy (non-hydrogen) atoms. The second-order valence-electron chi connectivity index (χ2n) is 8.42. The van der Waals surface area contributed by atoms with E-state index in [1.165, 1.54) is 37.0 Å². The van der Waals surface area contributed by atoms with Gasteiger partial charge < -0.3 is 23.7 Å². The molecule has 1 aliphatic heterocycles. The molecule has 10 nitrogen and oxygen atoms in total. The van der Waals surface area contributed by atoms with Crippen LogP contribution in [0.2, 0.25) is 0 Å². The van der Waals surface area contributed by atoms with Crippen LogP contribution in [-0.2, 0) is 14.3 Å². The number of rotatable bonds is 8. The number of thiazole rings is 1. The Morgan fingerprint density at radius 2 is 1.72 bits per heavy atom. The third kappa shape index (κ3) is 5.44. The van der Waals surface area contributed by atoms with Crippen LogP contribution in [0.25, 0.3) is 6.08 Å². The summed E-state index contributed by atoms with van der Waals surface area (Å²) in [5.41, 5.74) is 1.57. The Morgan fingerprint density at radius 3 is 2.36 bits per heavy atom. The van der Waals surface area contributed by atoms with Crippen LogP contribution in [0.5, 0.6) is 23.0 Å². The molecule has 0 amide bonds. The number of nitrogens with zero attached hydrogens (tertiary/aromatic N) is 2. The van der Waals surface area contributed by atoms with Crippen molar-refractivity contribution in [2.24, 2.45) is 4.99 Å². The maximum atomic E-state index is 13.8. The highest BCUT2D eigenvalue weighted by atomic mass is 32.1. The molecular weight excluding hydrogens is 524 g/mol. The van der Waals surface area contributed by atoms with E-state index in [9.17, 15) is 14.4 Å². The maximum absolute atomic E-state index is 13.8. The number of allylic oxidation sites excluding steroid dienone is 1. The number of hydrogen-bond acceptors (Lipinski definition) is 10. The van der Waals surface area contributed by atoms with Crippen LogP contribution in [0.1, 0.15) is 37.9 Å². The maximum Gasteiger partial charge on any atom is 0.338 e. The summed E-state index contributed by atoms with van der Waals surface area (Å²) in [6, 6.07) is 9.38. The summed E-state index contributed by atoms with van der Waals surface area (Å²) >= 11 is 1.20. The van der Waals surface area contributed by atoms with Gasteiger partial charge in [-0.2, -0.15) is 0 Å². The second kappa shape index (κ2) is 11.6. The van der Waals surface area contributed by atoms with Crippen LogP contribution >= 0.6 is 11.3 Å². The summed E-state index contributed by atoms with van der Waals surface area (Å²) in [4.78, 5) is 43.2. The molecule has 11 heteroatoms. The standard InChI is InChI=1S/C28H28N2O8S/c1-7-37-19-10-8-17(12-21(19)34-4)13-23-26(32)30-25(24(27(33)36-6)15(2)29-28(30)39-23)18-9-11-20(38-16(3)31)22(14-18)35-5/h8-14,25H,7H2,1-6H3. The van der Waals surface area contributed by atoms with Crippen LogP contribution in [-0.4, -0.2) is 44.4 Å². The van der Waals surface area contributed by atoms with E-state index in [2.05, 4.69) is 4.99 Å². The second-order valence-corrected chi connectivity index (χ2v) is 9.43. The summed E-state index contributed by atoms with van der Waals surface area (Å²) in [7, 11) is 4.26. The Labute approximate surface area is 228 Å². The predicted molar refractivity (Wildman–Crippen MR) is 144 cm³/mol. The first-order valence-electron chi connectivity index (χ1n) is 12.0. The number of hydrogen-bond donors (Lipinski definition) is 0. The lowest BCUT2D eigenvalue weighted by Gasteiger charge is -2.25. The van der Waals surface area contributed by atoms with Gasteiger partial charge in [-0.05, 0) is 55.3 Å². The Bertz CT molecular complexity index is 1650. The Hall–Kier alpha value is -4.38. The van der Waals surface area contributed by atoms with Gasteiger partial charge in [0.15, 0.2) is 27.8 Å². The van der Waals surface area contributed by atoms with Crippen molar-refractivity contribution in [2.45, 2.75) is 26.8 Å². The molecule has 0 fully saturated rings. The Balaban J connectivity index is 1.92. The van der Waals surface area contributed by atoms with Gasteiger partial charge in [-0.1, -0.05) is 23.5 Å². The SMILES string of the molecule is CCOc1ccc(C=c2sc3n(c2=O)C(c2ccc(OC(C)=O)c(OC)c2)C(C(=O)OC)=C(C)N=3)cc1OC. The molecule has 1 aromatic heterocycles. The Morgan fingerprint density at radius 1 is 1.03 bits per heavy atom. The van der Waals surface area contributed by atoms with Gasteiger partial charge in [0, 0.05) is 6.92 Å². The van der Waals surface area contributed by atoms with E-state index in [0.717, 1.165) is 5.56 Å². The van der Waals surface area contributed by atoms with Crippen LogP contribution in [0.4, 0.5) is 0 Å². The van der Waals surface area contributed by atoms with Gasteiger partial charge in [0.2, 0.25) is 0 Å². The summed E-state index contributed by atoms with van der Waals surface area (Å²) in [5.74, 6) is 0.500. The molecule has 1 atom stereocenters. The monoisotopic (exact) mass is 552 g/mol. The predicted octanol–water partition coefficient (Wildman–Crippen LogP) is 2.75. The van der Waals surface area contributed by atoms with Gasteiger partial charge >= 0.3 is 11.9 Å².